The van der Waals surface area contributed by atoms with Gasteiger partial charge in [0.2, 0.25) is 0 Å². The lowest BCUT2D eigenvalue weighted by molar-refractivity contribution is -0.138. The number of aromatic nitrogens is 1. The Hall–Kier alpha value is -2.83. The molecule has 7 nitrogen and oxygen atoms in total. The molecule has 1 atom stereocenters. The van der Waals surface area contributed by atoms with Crippen molar-refractivity contribution in [3.05, 3.63) is 47.9 Å². The molecule has 1 aromatic heterocycles. The molecule has 1 unspecified atom stereocenters. The smallest absolute Gasteiger partial charge is 0.360 e. The number of nitrogens with one attached hydrogen (secondary N) is 1. The van der Waals surface area contributed by atoms with Gasteiger partial charge in [-0.15, -0.1) is 0 Å². The summed E-state index contributed by atoms with van der Waals surface area (Å²) < 4.78 is 9.82. The molecule has 0 saturated carbocycles. The van der Waals surface area contributed by atoms with Gasteiger partial charge in [0.15, 0.2) is 11.7 Å². The largest absolute Gasteiger partial charge is 0.479 e. The number of nitrogens with zero attached hydrogens (tertiary/aromatic N) is 1. The van der Waals surface area contributed by atoms with Gasteiger partial charge in [0.25, 0.3) is 6.01 Å². The molecule has 1 heterocycles. The Kier molecular flexibility index (Phi) is 4.55. The molecule has 2 N–H and O–H groups in total. The monoisotopic (exact) mass is 290 g/mol. The molecule has 0 saturated heterocycles. The van der Waals surface area contributed by atoms with E-state index in [9.17, 15) is 14.7 Å². The van der Waals surface area contributed by atoms with Crippen molar-refractivity contribution in [3.8, 4) is 0 Å². The summed E-state index contributed by atoms with van der Waals surface area (Å²) in [6.45, 7) is 1.89. The quantitative estimate of drug-likeness (QED) is 0.785. The molecular weight excluding hydrogens is 276 g/mol. The van der Waals surface area contributed by atoms with Crippen molar-refractivity contribution in [3.63, 3.8) is 0 Å². The lowest BCUT2D eigenvalue weighted by Gasteiger charge is -2.12. The van der Waals surface area contributed by atoms with Crippen LogP contribution in [0.5, 0.6) is 0 Å². The number of anilines is 1. The van der Waals surface area contributed by atoms with Gasteiger partial charge in [-0.2, -0.15) is 4.98 Å². The second-order valence-corrected chi connectivity index (χ2v) is 4.08. The molecule has 1 aromatic carbocycles. The first kappa shape index (κ1) is 14.6. The fraction of sp³-hybridized carbons (Fsp3) is 0.214. The molecule has 0 aliphatic heterocycles. The highest BCUT2D eigenvalue weighted by molar-refractivity contribution is 5.87. The van der Waals surface area contributed by atoms with Crippen LogP contribution in [0.4, 0.5) is 6.01 Å². The first-order valence-corrected chi connectivity index (χ1v) is 6.28. The summed E-state index contributed by atoms with van der Waals surface area (Å²) in [5, 5.41) is 11.9. The van der Waals surface area contributed by atoms with Gasteiger partial charge in [-0.1, -0.05) is 30.3 Å². The maximum Gasteiger partial charge on any atom is 0.360 e. The first-order chi connectivity index (χ1) is 10.1. The van der Waals surface area contributed by atoms with Crippen molar-refractivity contribution < 1.29 is 23.8 Å². The van der Waals surface area contributed by atoms with Crippen LogP contribution in [0.15, 0.2) is 41.0 Å². The summed E-state index contributed by atoms with van der Waals surface area (Å²) in [5.41, 5.74) is 0.525. The average molecular weight is 290 g/mol. The van der Waals surface area contributed by atoms with E-state index < -0.39 is 18.0 Å². The average Bonchev–Trinajstić information content (AvgIpc) is 2.94. The maximum absolute atomic E-state index is 11.5. The van der Waals surface area contributed by atoms with Crippen LogP contribution in [-0.2, 0) is 9.53 Å². The number of esters is 1. The Morgan fingerprint density at radius 3 is 2.71 bits per heavy atom. The minimum Gasteiger partial charge on any atom is -0.479 e. The van der Waals surface area contributed by atoms with E-state index in [-0.39, 0.29) is 18.3 Å². The third-order valence-electron chi connectivity index (χ3n) is 2.64. The minimum atomic E-state index is -1.09. The Balaban J connectivity index is 2.15. The number of carbonyl (C=O) groups excluding carboxylic acids is 1. The van der Waals surface area contributed by atoms with E-state index in [1.807, 2.05) is 0 Å². The molecule has 0 aliphatic carbocycles. The van der Waals surface area contributed by atoms with Gasteiger partial charge in [0.1, 0.15) is 6.26 Å². The second-order valence-electron chi connectivity index (χ2n) is 4.08. The molecule has 0 fully saturated rings. The second kappa shape index (κ2) is 6.56. The minimum absolute atomic E-state index is 0.0171. The number of hydrogen-bond acceptors (Lipinski definition) is 6. The van der Waals surface area contributed by atoms with E-state index in [2.05, 4.69) is 10.3 Å². The topological polar surface area (TPSA) is 102 Å². The molecule has 2 aromatic rings. The molecule has 0 bridgehead atoms. The predicted octanol–water partition coefficient (Wildman–Crippen LogP) is 2.09. The first-order valence-electron chi connectivity index (χ1n) is 6.28. The van der Waals surface area contributed by atoms with Crippen molar-refractivity contribution in [2.45, 2.75) is 13.0 Å². The number of rotatable bonds is 6. The SMILES string of the molecule is CCOC(=O)c1coc(NC(C(=O)O)c2ccccc2)n1. The number of carbonyl (C=O) groups is 2. The molecule has 0 radical (unpaired) electrons. The molecule has 2 rings (SSSR count). The standard InChI is InChI=1S/C14H14N2O5/c1-2-20-13(19)10-8-21-14(15-10)16-11(12(17)18)9-6-4-3-5-7-9/h3-8,11H,2H2,1H3,(H,15,16)(H,17,18). The molecule has 7 heteroatoms. The third-order valence-corrected chi connectivity index (χ3v) is 2.64. The summed E-state index contributed by atoms with van der Waals surface area (Å²) in [7, 11) is 0. The highest BCUT2D eigenvalue weighted by Gasteiger charge is 2.22. The summed E-state index contributed by atoms with van der Waals surface area (Å²) >= 11 is 0. The zero-order valence-electron chi connectivity index (χ0n) is 11.3. The van der Waals surface area contributed by atoms with Crippen LogP contribution in [0.25, 0.3) is 0 Å². The van der Waals surface area contributed by atoms with Crippen molar-refractivity contribution in [2.75, 3.05) is 11.9 Å². The van der Waals surface area contributed by atoms with Crippen LogP contribution >= 0.6 is 0 Å². The summed E-state index contributed by atoms with van der Waals surface area (Å²) in [6.07, 6.45) is 1.12. The number of oxazole rings is 1. The van der Waals surface area contributed by atoms with Crippen LogP contribution in [0.1, 0.15) is 29.0 Å². The van der Waals surface area contributed by atoms with Crippen molar-refractivity contribution >= 4 is 18.0 Å². The van der Waals surface area contributed by atoms with Gasteiger partial charge >= 0.3 is 11.9 Å². The summed E-state index contributed by atoms with van der Waals surface area (Å²) in [5.74, 6) is -1.71. The van der Waals surface area contributed by atoms with Gasteiger partial charge in [-0.3, -0.25) is 0 Å². The van der Waals surface area contributed by atoms with E-state index in [0.29, 0.717) is 5.56 Å². The van der Waals surface area contributed by atoms with Crippen LogP contribution < -0.4 is 5.32 Å². The lowest BCUT2D eigenvalue weighted by Crippen LogP contribution is -2.20. The fourth-order valence-corrected chi connectivity index (χ4v) is 1.70. The van der Waals surface area contributed by atoms with Gasteiger partial charge in [0, 0.05) is 0 Å². The molecule has 0 spiro atoms. The molecular formula is C14H14N2O5. The van der Waals surface area contributed by atoms with E-state index >= 15 is 0 Å². The normalized spacial score (nSPS) is 11.7. The highest BCUT2D eigenvalue weighted by Crippen LogP contribution is 2.19. The molecule has 0 aliphatic rings. The number of ether oxygens (including phenoxy) is 1. The van der Waals surface area contributed by atoms with Gasteiger partial charge in [0.05, 0.1) is 6.61 Å². The number of aliphatic carboxylic acids is 1. The van der Waals surface area contributed by atoms with Crippen LogP contribution in [0.2, 0.25) is 0 Å². The van der Waals surface area contributed by atoms with E-state index in [4.69, 9.17) is 9.15 Å². The van der Waals surface area contributed by atoms with Crippen LogP contribution in [0, 0.1) is 0 Å². The Labute approximate surface area is 120 Å². The number of carboxylic acid groups (broad SMARTS) is 1. The Morgan fingerprint density at radius 1 is 1.38 bits per heavy atom. The van der Waals surface area contributed by atoms with Crippen molar-refractivity contribution in [2.24, 2.45) is 0 Å². The molecule has 110 valence electrons. The Bertz CT molecular complexity index is 623. The van der Waals surface area contributed by atoms with Crippen molar-refractivity contribution in [1.82, 2.24) is 4.98 Å². The van der Waals surface area contributed by atoms with E-state index in [1.54, 1.807) is 37.3 Å². The number of carboxylic acids is 1. The molecule has 21 heavy (non-hydrogen) atoms. The fourth-order valence-electron chi connectivity index (χ4n) is 1.70. The van der Waals surface area contributed by atoms with Crippen LogP contribution in [-0.4, -0.2) is 28.6 Å². The predicted molar refractivity (Wildman–Crippen MR) is 72.9 cm³/mol. The van der Waals surface area contributed by atoms with Gasteiger partial charge in [-0.25, -0.2) is 9.59 Å². The van der Waals surface area contributed by atoms with E-state index in [1.165, 1.54) is 0 Å². The third kappa shape index (κ3) is 3.59. The van der Waals surface area contributed by atoms with E-state index in [0.717, 1.165) is 6.26 Å². The van der Waals surface area contributed by atoms with Gasteiger partial charge in [-0.05, 0) is 12.5 Å². The van der Waals surface area contributed by atoms with Crippen LogP contribution in [0.3, 0.4) is 0 Å². The zero-order chi connectivity index (χ0) is 15.2. The number of benzene rings is 1. The van der Waals surface area contributed by atoms with Crippen molar-refractivity contribution in [1.29, 1.82) is 0 Å². The Morgan fingerprint density at radius 2 is 2.10 bits per heavy atom. The summed E-state index contributed by atoms with van der Waals surface area (Å²) in [6, 6.07) is 7.49. The molecule has 0 amide bonds. The lowest BCUT2D eigenvalue weighted by atomic mass is 10.1. The highest BCUT2D eigenvalue weighted by atomic mass is 16.5. The number of hydrogen-bond donors (Lipinski definition) is 2. The zero-order valence-corrected chi connectivity index (χ0v) is 11.3. The summed E-state index contributed by atoms with van der Waals surface area (Å²) in [4.78, 5) is 26.6. The maximum atomic E-state index is 11.5. The van der Waals surface area contributed by atoms with Gasteiger partial charge < -0.3 is 19.6 Å².